The van der Waals surface area contributed by atoms with E-state index in [2.05, 4.69) is 0 Å². The third kappa shape index (κ3) is 2.69. The van der Waals surface area contributed by atoms with Gasteiger partial charge in [-0.2, -0.15) is 0 Å². The number of ether oxygens (including phenoxy) is 1. The van der Waals surface area contributed by atoms with Crippen molar-refractivity contribution in [3.8, 4) is 5.75 Å². The summed E-state index contributed by atoms with van der Waals surface area (Å²) in [4.78, 5) is 14.1. The van der Waals surface area contributed by atoms with E-state index in [1.165, 1.54) is 0 Å². The summed E-state index contributed by atoms with van der Waals surface area (Å²) in [7, 11) is 1.62. The number of rotatable bonds is 3. The quantitative estimate of drug-likeness (QED) is 0.885. The summed E-state index contributed by atoms with van der Waals surface area (Å²) in [5.74, 6) is 1.33. The van der Waals surface area contributed by atoms with Crippen LogP contribution in [-0.2, 0) is 4.79 Å². The summed E-state index contributed by atoms with van der Waals surface area (Å²) >= 11 is 1.62. The van der Waals surface area contributed by atoms with Gasteiger partial charge in [0.2, 0.25) is 5.91 Å². The maximum atomic E-state index is 12.3. The van der Waals surface area contributed by atoms with E-state index in [-0.39, 0.29) is 11.3 Å². The molecule has 1 amide bonds. The van der Waals surface area contributed by atoms with Gasteiger partial charge in [-0.05, 0) is 29.8 Å². The second-order valence-corrected chi connectivity index (χ2v) is 5.86. The van der Waals surface area contributed by atoms with E-state index in [0.29, 0.717) is 5.75 Å². The van der Waals surface area contributed by atoms with Crippen molar-refractivity contribution in [3.63, 3.8) is 0 Å². The lowest BCUT2D eigenvalue weighted by atomic mass is 10.1. The zero-order chi connectivity index (χ0) is 14.8. The van der Waals surface area contributed by atoms with Gasteiger partial charge >= 0.3 is 0 Å². The fourth-order valence-corrected chi connectivity index (χ4v) is 3.55. The van der Waals surface area contributed by atoms with Crippen LogP contribution in [0.3, 0.4) is 0 Å². The van der Waals surface area contributed by atoms with E-state index in [4.69, 9.17) is 10.5 Å². The van der Waals surface area contributed by atoms with Gasteiger partial charge in [0.15, 0.2) is 0 Å². The Labute approximate surface area is 127 Å². The Morgan fingerprint density at radius 1 is 1.24 bits per heavy atom. The molecule has 0 radical (unpaired) electrons. The molecule has 4 nitrogen and oxygen atoms in total. The van der Waals surface area contributed by atoms with Crippen LogP contribution in [-0.4, -0.2) is 18.8 Å². The molecule has 0 spiro atoms. The Hall–Kier alpha value is -2.14. The Kier molecular flexibility index (Phi) is 3.75. The Bertz CT molecular complexity index is 658. The van der Waals surface area contributed by atoms with Gasteiger partial charge in [0.05, 0.1) is 12.9 Å². The zero-order valence-electron chi connectivity index (χ0n) is 11.7. The van der Waals surface area contributed by atoms with E-state index in [0.717, 1.165) is 22.7 Å². The van der Waals surface area contributed by atoms with Gasteiger partial charge in [-0.15, -0.1) is 11.8 Å². The van der Waals surface area contributed by atoms with E-state index >= 15 is 0 Å². The molecule has 0 aromatic heterocycles. The summed E-state index contributed by atoms with van der Waals surface area (Å²) in [6, 6.07) is 15.2. The second-order valence-electron chi connectivity index (χ2n) is 4.80. The highest BCUT2D eigenvalue weighted by molar-refractivity contribution is 8.00. The van der Waals surface area contributed by atoms with Crippen LogP contribution < -0.4 is 15.4 Å². The monoisotopic (exact) mass is 300 g/mol. The second kappa shape index (κ2) is 5.69. The number of thioether (sulfide) groups is 1. The standard InChI is InChI=1S/C16H16N2O2S/c1-20-14-4-2-3-13(9-14)18-15(19)10-21-16(18)11-5-7-12(17)8-6-11/h2-9,16H,10,17H2,1H3. The Morgan fingerprint density at radius 2 is 2.00 bits per heavy atom. The number of amides is 1. The normalized spacial score (nSPS) is 18.0. The summed E-state index contributed by atoms with van der Waals surface area (Å²) < 4.78 is 5.25. The lowest BCUT2D eigenvalue weighted by Gasteiger charge is -2.24. The molecule has 0 aliphatic carbocycles. The molecule has 1 unspecified atom stereocenters. The van der Waals surface area contributed by atoms with Crippen molar-refractivity contribution in [2.45, 2.75) is 5.37 Å². The van der Waals surface area contributed by atoms with Crippen molar-refractivity contribution in [2.24, 2.45) is 0 Å². The lowest BCUT2D eigenvalue weighted by molar-refractivity contribution is -0.115. The number of nitrogens with zero attached hydrogens (tertiary/aromatic N) is 1. The molecule has 1 fully saturated rings. The third-order valence-electron chi connectivity index (χ3n) is 3.42. The number of hydrogen-bond acceptors (Lipinski definition) is 4. The number of nitrogen functional groups attached to an aromatic ring is 1. The van der Waals surface area contributed by atoms with Crippen LogP contribution in [0, 0.1) is 0 Å². The predicted molar refractivity (Wildman–Crippen MR) is 86.5 cm³/mol. The van der Waals surface area contributed by atoms with Crippen LogP contribution in [0.5, 0.6) is 5.75 Å². The minimum absolute atomic E-state index is 0.0230. The molecule has 3 rings (SSSR count). The third-order valence-corrected chi connectivity index (χ3v) is 4.63. The first kappa shape index (κ1) is 13.8. The molecular weight excluding hydrogens is 284 g/mol. The summed E-state index contributed by atoms with van der Waals surface area (Å²) in [6.45, 7) is 0. The number of hydrogen-bond donors (Lipinski definition) is 1. The van der Waals surface area contributed by atoms with Gasteiger partial charge in [0.25, 0.3) is 0 Å². The average molecular weight is 300 g/mol. The fraction of sp³-hybridized carbons (Fsp3) is 0.188. The summed E-state index contributed by atoms with van der Waals surface area (Å²) in [5.41, 5.74) is 8.38. The Morgan fingerprint density at radius 3 is 2.71 bits per heavy atom. The van der Waals surface area contributed by atoms with Crippen LogP contribution in [0.25, 0.3) is 0 Å². The molecule has 5 heteroatoms. The molecule has 21 heavy (non-hydrogen) atoms. The highest BCUT2D eigenvalue weighted by Gasteiger charge is 2.34. The molecule has 0 saturated carbocycles. The smallest absolute Gasteiger partial charge is 0.238 e. The van der Waals surface area contributed by atoms with Gasteiger partial charge in [-0.1, -0.05) is 18.2 Å². The first-order chi connectivity index (χ1) is 10.2. The number of carbonyl (C=O) groups excluding carboxylic acids is 1. The van der Waals surface area contributed by atoms with Crippen molar-refractivity contribution >= 4 is 29.0 Å². The Balaban J connectivity index is 1.97. The largest absolute Gasteiger partial charge is 0.497 e. The van der Waals surface area contributed by atoms with Crippen LogP contribution in [0.2, 0.25) is 0 Å². The van der Waals surface area contributed by atoms with Crippen molar-refractivity contribution in [1.29, 1.82) is 0 Å². The van der Waals surface area contributed by atoms with Gasteiger partial charge in [-0.25, -0.2) is 0 Å². The number of anilines is 2. The van der Waals surface area contributed by atoms with Crippen molar-refractivity contribution in [1.82, 2.24) is 0 Å². The maximum Gasteiger partial charge on any atom is 0.238 e. The number of methoxy groups -OCH3 is 1. The SMILES string of the molecule is COc1cccc(N2C(=O)CSC2c2ccc(N)cc2)c1. The molecular formula is C16H16N2O2S. The molecule has 1 saturated heterocycles. The van der Waals surface area contributed by atoms with Crippen molar-refractivity contribution < 1.29 is 9.53 Å². The van der Waals surface area contributed by atoms with E-state index in [9.17, 15) is 4.79 Å². The molecule has 0 bridgehead atoms. The molecule has 108 valence electrons. The number of nitrogens with two attached hydrogens (primary N) is 1. The zero-order valence-corrected chi connectivity index (χ0v) is 12.5. The lowest BCUT2D eigenvalue weighted by Crippen LogP contribution is -2.27. The first-order valence-corrected chi connectivity index (χ1v) is 7.67. The minimum atomic E-state index is -0.0230. The van der Waals surface area contributed by atoms with E-state index < -0.39 is 0 Å². The molecule has 1 aliphatic rings. The average Bonchev–Trinajstić information content (AvgIpc) is 2.90. The fourth-order valence-electron chi connectivity index (χ4n) is 2.37. The molecule has 2 N–H and O–H groups in total. The molecule has 1 heterocycles. The molecule has 1 atom stereocenters. The van der Waals surface area contributed by atoms with Crippen LogP contribution in [0.4, 0.5) is 11.4 Å². The molecule has 2 aromatic carbocycles. The molecule has 2 aromatic rings. The van der Waals surface area contributed by atoms with E-state index in [1.807, 2.05) is 53.4 Å². The topological polar surface area (TPSA) is 55.6 Å². The van der Waals surface area contributed by atoms with Gasteiger partial charge < -0.3 is 10.5 Å². The van der Waals surface area contributed by atoms with Gasteiger partial charge in [0, 0.05) is 17.4 Å². The summed E-state index contributed by atoms with van der Waals surface area (Å²) in [5, 5.41) is -0.0230. The van der Waals surface area contributed by atoms with Gasteiger partial charge in [0.1, 0.15) is 11.1 Å². The molecule has 1 aliphatic heterocycles. The predicted octanol–water partition coefficient (Wildman–Crippen LogP) is 3.06. The van der Waals surface area contributed by atoms with E-state index in [1.54, 1.807) is 18.9 Å². The van der Waals surface area contributed by atoms with Gasteiger partial charge in [-0.3, -0.25) is 9.69 Å². The first-order valence-electron chi connectivity index (χ1n) is 6.62. The van der Waals surface area contributed by atoms with Crippen LogP contribution in [0.1, 0.15) is 10.9 Å². The van der Waals surface area contributed by atoms with Crippen LogP contribution >= 0.6 is 11.8 Å². The number of benzene rings is 2. The summed E-state index contributed by atoms with van der Waals surface area (Å²) in [6.07, 6.45) is 0. The van der Waals surface area contributed by atoms with Crippen LogP contribution in [0.15, 0.2) is 48.5 Å². The van der Waals surface area contributed by atoms with Crippen molar-refractivity contribution in [2.75, 3.05) is 23.5 Å². The number of carbonyl (C=O) groups is 1. The highest BCUT2D eigenvalue weighted by atomic mass is 32.2. The maximum absolute atomic E-state index is 12.3. The highest BCUT2D eigenvalue weighted by Crippen LogP contribution is 2.42. The minimum Gasteiger partial charge on any atom is -0.497 e. The van der Waals surface area contributed by atoms with Crippen molar-refractivity contribution in [3.05, 3.63) is 54.1 Å².